The molecule has 0 radical (unpaired) electrons. The van der Waals surface area contributed by atoms with Gasteiger partial charge < -0.3 is 20.1 Å². The van der Waals surface area contributed by atoms with Crippen molar-refractivity contribution < 1.29 is 9.84 Å². The van der Waals surface area contributed by atoms with Crippen LogP contribution in [0.4, 0.5) is 5.69 Å². The van der Waals surface area contributed by atoms with Gasteiger partial charge in [0.1, 0.15) is 11.6 Å². The molecule has 2 aromatic rings. The van der Waals surface area contributed by atoms with E-state index in [2.05, 4.69) is 20.5 Å². The first-order valence-electron chi connectivity index (χ1n) is 5.87. The maximum absolute atomic E-state index is 9.88. The molecular weight excluding hydrogens is 264 g/mol. The lowest BCUT2D eigenvalue weighted by atomic mass is 10.2. The summed E-state index contributed by atoms with van der Waals surface area (Å²) >= 11 is 4.87. The Kier molecular flexibility index (Phi) is 4.53. The van der Waals surface area contributed by atoms with E-state index in [1.54, 1.807) is 7.11 Å². The minimum Gasteiger partial charge on any atom is -0.497 e. The van der Waals surface area contributed by atoms with Gasteiger partial charge in [-0.1, -0.05) is 0 Å². The largest absolute Gasteiger partial charge is 0.497 e. The number of benzene rings is 1. The molecule has 1 aromatic carbocycles. The predicted molar refractivity (Wildman–Crippen MR) is 75.0 cm³/mol. The number of aliphatic hydroxyl groups excluding tert-OH is 1. The topological polar surface area (TPSA) is 86.0 Å². The first-order valence-corrected chi connectivity index (χ1v) is 6.28. The van der Waals surface area contributed by atoms with Crippen LogP contribution in [-0.2, 0) is 6.42 Å². The minimum absolute atomic E-state index is 0.413. The number of nitrogens with one attached hydrogen (secondary N) is 3. The van der Waals surface area contributed by atoms with E-state index in [0.29, 0.717) is 23.6 Å². The van der Waals surface area contributed by atoms with Gasteiger partial charge in [0.05, 0.1) is 13.2 Å². The molecular formula is C12H16N4O2S. The molecule has 102 valence electrons. The van der Waals surface area contributed by atoms with Crippen LogP contribution in [0.3, 0.4) is 0 Å². The van der Waals surface area contributed by atoms with Gasteiger partial charge in [0.2, 0.25) is 0 Å². The van der Waals surface area contributed by atoms with E-state index in [4.69, 9.17) is 17.0 Å². The maximum atomic E-state index is 9.88. The molecule has 0 bridgehead atoms. The number of anilines is 1. The van der Waals surface area contributed by atoms with Gasteiger partial charge in [-0.25, -0.2) is 0 Å². The highest BCUT2D eigenvalue weighted by atomic mass is 32.1. The van der Waals surface area contributed by atoms with Crippen LogP contribution in [0.2, 0.25) is 0 Å². The molecule has 1 unspecified atom stereocenters. The van der Waals surface area contributed by atoms with Gasteiger partial charge >= 0.3 is 0 Å². The molecule has 19 heavy (non-hydrogen) atoms. The zero-order valence-corrected chi connectivity index (χ0v) is 11.3. The van der Waals surface area contributed by atoms with Gasteiger partial charge in [-0.05, 0) is 36.5 Å². The van der Waals surface area contributed by atoms with Gasteiger partial charge in [0, 0.05) is 18.7 Å². The molecule has 1 aromatic heterocycles. The van der Waals surface area contributed by atoms with Crippen molar-refractivity contribution in [3.05, 3.63) is 34.9 Å². The van der Waals surface area contributed by atoms with E-state index >= 15 is 0 Å². The van der Waals surface area contributed by atoms with Crippen molar-refractivity contribution in [3.8, 4) is 5.75 Å². The lowest BCUT2D eigenvalue weighted by molar-refractivity contribution is 0.185. The lowest BCUT2D eigenvalue weighted by Gasteiger charge is -2.11. The second-order valence-corrected chi connectivity index (χ2v) is 4.50. The van der Waals surface area contributed by atoms with Crippen molar-refractivity contribution in [3.63, 3.8) is 0 Å². The van der Waals surface area contributed by atoms with E-state index < -0.39 is 6.10 Å². The van der Waals surface area contributed by atoms with Crippen molar-refractivity contribution >= 4 is 17.9 Å². The summed E-state index contributed by atoms with van der Waals surface area (Å²) in [5.74, 6) is 1.45. The summed E-state index contributed by atoms with van der Waals surface area (Å²) < 4.78 is 5.54. The number of ether oxygens (including phenoxy) is 1. The fourth-order valence-corrected chi connectivity index (χ4v) is 1.81. The second kappa shape index (κ2) is 6.35. The van der Waals surface area contributed by atoms with Crippen LogP contribution in [0.5, 0.6) is 5.75 Å². The van der Waals surface area contributed by atoms with Crippen molar-refractivity contribution in [1.29, 1.82) is 0 Å². The second-order valence-electron chi connectivity index (χ2n) is 4.09. The summed E-state index contributed by atoms with van der Waals surface area (Å²) in [4.78, 5) is 2.86. The Morgan fingerprint density at radius 1 is 1.42 bits per heavy atom. The number of aromatic amines is 2. The number of hydrogen-bond donors (Lipinski definition) is 4. The molecule has 7 heteroatoms. The number of aromatic nitrogens is 3. The summed E-state index contributed by atoms with van der Waals surface area (Å²) in [6, 6.07) is 7.51. The number of aliphatic hydroxyl groups is 1. The van der Waals surface area contributed by atoms with Crippen LogP contribution in [0, 0.1) is 4.77 Å². The van der Waals surface area contributed by atoms with Gasteiger partial charge in [-0.3, -0.25) is 5.10 Å². The fourth-order valence-electron chi connectivity index (χ4n) is 1.64. The number of hydrogen-bond acceptors (Lipinski definition) is 5. The van der Waals surface area contributed by atoms with Crippen LogP contribution in [0.15, 0.2) is 24.3 Å². The summed E-state index contributed by atoms with van der Waals surface area (Å²) in [6.07, 6.45) is -0.132. The molecule has 0 aliphatic rings. The molecule has 0 aliphatic heterocycles. The highest BCUT2D eigenvalue weighted by Crippen LogP contribution is 2.14. The van der Waals surface area contributed by atoms with Crippen LogP contribution in [0.1, 0.15) is 5.82 Å². The Morgan fingerprint density at radius 2 is 2.16 bits per heavy atom. The summed E-state index contributed by atoms with van der Waals surface area (Å²) in [5.41, 5.74) is 0.926. The van der Waals surface area contributed by atoms with E-state index in [-0.39, 0.29) is 0 Å². The average molecular weight is 280 g/mol. The molecule has 0 amide bonds. The zero-order chi connectivity index (χ0) is 13.7. The van der Waals surface area contributed by atoms with Crippen molar-refractivity contribution in [2.24, 2.45) is 0 Å². The van der Waals surface area contributed by atoms with Gasteiger partial charge in [0.25, 0.3) is 0 Å². The lowest BCUT2D eigenvalue weighted by Crippen LogP contribution is -2.22. The minimum atomic E-state index is -0.545. The number of rotatable bonds is 6. The first kappa shape index (κ1) is 13.6. The molecule has 2 rings (SSSR count). The molecule has 0 saturated heterocycles. The Hall–Kier alpha value is -1.86. The van der Waals surface area contributed by atoms with Crippen LogP contribution >= 0.6 is 12.2 Å². The zero-order valence-electron chi connectivity index (χ0n) is 10.5. The third-order valence-electron chi connectivity index (χ3n) is 2.61. The van der Waals surface area contributed by atoms with Gasteiger partial charge in [0.15, 0.2) is 4.77 Å². The van der Waals surface area contributed by atoms with Crippen LogP contribution in [0.25, 0.3) is 0 Å². The maximum Gasteiger partial charge on any atom is 0.192 e. The summed E-state index contributed by atoms with van der Waals surface area (Å²) in [7, 11) is 1.62. The van der Waals surface area contributed by atoms with Crippen LogP contribution < -0.4 is 10.1 Å². The van der Waals surface area contributed by atoms with E-state index in [0.717, 1.165) is 11.4 Å². The summed E-state index contributed by atoms with van der Waals surface area (Å²) in [5, 5.41) is 19.6. The molecule has 0 aliphatic carbocycles. The first-order chi connectivity index (χ1) is 9.17. The fraction of sp³-hybridized carbons (Fsp3) is 0.333. The quantitative estimate of drug-likeness (QED) is 0.602. The highest BCUT2D eigenvalue weighted by Gasteiger charge is 2.07. The molecule has 0 fully saturated rings. The van der Waals surface area contributed by atoms with E-state index in [1.165, 1.54) is 0 Å². The highest BCUT2D eigenvalue weighted by molar-refractivity contribution is 7.71. The van der Waals surface area contributed by atoms with Crippen molar-refractivity contribution in [2.45, 2.75) is 12.5 Å². The van der Waals surface area contributed by atoms with Crippen molar-refractivity contribution in [1.82, 2.24) is 15.2 Å². The molecule has 0 spiro atoms. The summed E-state index contributed by atoms with van der Waals surface area (Å²) in [6.45, 7) is 0.430. The molecule has 1 heterocycles. The van der Waals surface area contributed by atoms with Gasteiger partial charge in [-0.2, -0.15) is 5.10 Å². The molecule has 1 atom stereocenters. The van der Waals surface area contributed by atoms with Crippen LogP contribution in [-0.4, -0.2) is 40.0 Å². The smallest absolute Gasteiger partial charge is 0.192 e. The van der Waals surface area contributed by atoms with Crippen molar-refractivity contribution in [2.75, 3.05) is 19.0 Å². The Morgan fingerprint density at radius 3 is 2.74 bits per heavy atom. The third kappa shape index (κ3) is 4.08. The van der Waals surface area contributed by atoms with E-state index in [1.807, 2.05) is 24.3 Å². The Labute approximate surface area is 115 Å². The monoisotopic (exact) mass is 280 g/mol. The Bertz CT molecular complexity index is 564. The molecule has 4 N–H and O–H groups in total. The third-order valence-corrected chi connectivity index (χ3v) is 2.80. The molecule has 6 nitrogen and oxygen atoms in total. The number of H-pyrrole nitrogens is 2. The number of nitrogens with zero attached hydrogens (tertiary/aromatic N) is 1. The SMILES string of the molecule is COc1ccc(NCC(O)Cc2n[nH]c(=S)[nH]2)cc1. The molecule has 0 saturated carbocycles. The normalized spacial score (nSPS) is 12.1. The standard InChI is InChI=1S/C12H16N4O2S/c1-18-10-4-2-8(3-5-10)13-7-9(17)6-11-14-12(19)16-15-11/h2-5,9,13,17H,6-7H2,1H3,(H2,14,15,16,19). The average Bonchev–Trinajstić information content (AvgIpc) is 2.82. The van der Waals surface area contributed by atoms with Gasteiger partial charge in [-0.15, -0.1) is 0 Å². The van der Waals surface area contributed by atoms with E-state index in [9.17, 15) is 5.11 Å². The Balaban J connectivity index is 1.82. The number of methoxy groups -OCH3 is 1. The predicted octanol–water partition coefficient (Wildman–Crippen LogP) is 1.49.